The molecule has 6 nitrogen and oxygen atoms in total. The number of sulfonamides is 1. The van der Waals surface area contributed by atoms with Crippen LogP contribution in [0, 0.1) is 5.92 Å². The second-order valence-corrected chi connectivity index (χ2v) is 6.62. The number of carbonyl (C=O) groups excluding carboxylic acids is 1. The Bertz CT molecular complexity index is 661. The molecule has 2 unspecified atom stereocenters. The quantitative estimate of drug-likeness (QED) is 0.779. The highest BCUT2D eigenvalue weighted by Crippen LogP contribution is 2.25. The van der Waals surface area contributed by atoms with Crippen molar-refractivity contribution >= 4 is 15.9 Å². The summed E-state index contributed by atoms with van der Waals surface area (Å²) in [4.78, 5) is 10.9. The van der Waals surface area contributed by atoms with Crippen LogP contribution < -0.4 is 15.2 Å². The van der Waals surface area contributed by atoms with E-state index in [2.05, 4.69) is 9.46 Å². The van der Waals surface area contributed by atoms with Gasteiger partial charge in [-0.1, -0.05) is 26.3 Å². The fraction of sp³-hybridized carbons (Fsp3) is 0.462. The lowest BCUT2D eigenvalue weighted by molar-refractivity contribution is -0.274. The number of halogens is 3. The third-order valence-electron chi connectivity index (χ3n) is 3.15. The van der Waals surface area contributed by atoms with Gasteiger partial charge in [0.15, 0.2) is 0 Å². The zero-order chi connectivity index (χ0) is 17.8. The summed E-state index contributed by atoms with van der Waals surface area (Å²) in [6.07, 6.45) is -4.46. The molecule has 2 atom stereocenters. The van der Waals surface area contributed by atoms with Crippen molar-refractivity contribution in [3.05, 3.63) is 24.3 Å². The van der Waals surface area contributed by atoms with Gasteiger partial charge >= 0.3 is 6.36 Å². The van der Waals surface area contributed by atoms with E-state index >= 15 is 0 Å². The van der Waals surface area contributed by atoms with Gasteiger partial charge in [-0.25, -0.2) is 8.42 Å². The van der Waals surface area contributed by atoms with E-state index < -0.39 is 39.0 Å². The van der Waals surface area contributed by atoms with Crippen molar-refractivity contribution in [3.63, 3.8) is 0 Å². The Kier molecular flexibility index (Phi) is 6.00. The molecule has 0 saturated heterocycles. The second kappa shape index (κ2) is 7.18. The number of amides is 1. The monoisotopic (exact) mass is 354 g/mol. The molecule has 0 saturated carbocycles. The summed E-state index contributed by atoms with van der Waals surface area (Å²) in [6, 6.07) is 2.69. The maximum atomic E-state index is 12.2. The Balaban J connectivity index is 3.08. The SMILES string of the molecule is CCC(C)C(NS(=O)(=O)c1cccc(OC(F)(F)F)c1)C(N)=O. The minimum Gasteiger partial charge on any atom is -0.406 e. The molecule has 1 aromatic carbocycles. The van der Waals surface area contributed by atoms with E-state index in [9.17, 15) is 26.4 Å². The lowest BCUT2D eigenvalue weighted by atomic mass is 10.00. The van der Waals surface area contributed by atoms with Crippen molar-refractivity contribution in [1.82, 2.24) is 4.72 Å². The maximum Gasteiger partial charge on any atom is 0.573 e. The van der Waals surface area contributed by atoms with E-state index in [-0.39, 0.29) is 5.92 Å². The normalized spacial score (nSPS) is 15.0. The van der Waals surface area contributed by atoms with E-state index in [0.29, 0.717) is 12.5 Å². The summed E-state index contributed by atoms with van der Waals surface area (Å²) >= 11 is 0. The zero-order valence-electron chi connectivity index (χ0n) is 12.4. The largest absolute Gasteiger partial charge is 0.573 e. The first-order valence-corrected chi connectivity index (χ1v) is 8.12. The number of nitrogens with one attached hydrogen (secondary N) is 1. The van der Waals surface area contributed by atoms with E-state index in [1.165, 1.54) is 0 Å². The van der Waals surface area contributed by atoms with Gasteiger partial charge in [0.2, 0.25) is 15.9 Å². The molecular weight excluding hydrogens is 337 g/mol. The summed E-state index contributed by atoms with van der Waals surface area (Å²) in [5.74, 6) is -1.93. The first kappa shape index (κ1) is 19.2. The summed E-state index contributed by atoms with van der Waals surface area (Å²) in [6.45, 7) is 3.37. The standard InChI is InChI=1S/C13H17F3N2O4S/c1-3-8(2)11(12(17)19)18-23(20,21)10-6-4-5-9(7-10)22-13(14,15)16/h4-8,11,18H,3H2,1-2H3,(H2,17,19). The van der Waals surface area contributed by atoms with Crippen LogP contribution in [-0.2, 0) is 14.8 Å². The molecule has 3 N–H and O–H groups in total. The third kappa shape index (κ3) is 5.71. The summed E-state index contributed by atoms with van der Waals surface area (Å²) < 4.78 is 66.8. The molecule has 23 heavy (non-hydrogen) atoms. The number of alkyl halides is 3. The van der Waals surface area contributed by atoms with Crippen molar-refractivity contribution in [1.29, 1.82) is 0 Å². The van der Waals surface area contributed by atoms with Gasteiger partial charge in [0, 0.05) is 6.07 Å². The summed E-state index contributed by atoms with van der Waals surface area (Å²) in [5.41, 5.74) is 5.17. The van der Waals surface area contributed by atoms with Crippen LogP contribution in [0.15, 0.2) is 29.2 Å². The molecule has 1 aromatic rings. The van der Waals surface area contributed by atoms with Crippen LogP contribution in [0.25, 0.3) is 0 Å². The Morgan fingerprint density at radius 3 is 2.48 bits per heavy atom. The van der Waals surface area contributed by atoms with Gasteiger partial charge in [-0.15, -0.1) is 13.2 Å². The van der Waals surface area contributed by atoms with Gasteiger partial charge < -0.3 is 10.5 Å². The Hall–Kier alpha value is -1.81. The number of ether oxygens (including phenoxy) is 1. The van der Waals surface area contributed by atoms with Crippen LogP contribution in [0.2, 0.25) is 0 Å². The number of benzene rings is 1. The number of hydrogen-bond acceptors (Lipinski definition) is 4. The van der Waals surface area contributed by atoms with Crippen LogP contribution in [0.1, 0.15) is 20.3 Å². The van der Waals surface area contributed by atoms with Crippen molar-refractivity contribution in [2.45, 2.75) is 37.6 Å². The highest BCUT2D eigenvalue weighted by molar-refractivity contribution is 7.89. The van der Waals surface area contributed by atoms with Crippen LogP contribution in [0.3, 0.4) is 0 Å². The van der Waals surface area contributed by atoms with Gasteiger partial charge in [0.1, 0.15) is 11.8 Å². The van der Waals surface area contributed by atoms with Gasteiger partial charge in [-0.05, 0) is 18.1 Å². The molecule has 130 valence electrons. The average Bonchev–Trinajstić information content (AvgIpc) is 2.42. The minimum absolute atomic E-state index is 0.378. The first-order chi connectivity index (χ1) is 10.5. The highest BCUT2D eigenvalue weighted by Gasteiger charge is 2.32. The van der Waals surface area contributed by atoms with Crippen molar-refractivity contribution in [2.75, 3.05) is 0 Å². The number of carbonyl (C=O) groups is 1. The average molecular weight is 354 g/mol. The van der Waals surface area contributed by atoms with E-state index in [1.54, 1.807) is 13.8 Å². The van der Waals surface area contributed by atoms with E-state index in [1.807, 2.05) is 0 Å². The van der Waals surface area contributed by atoms with Gasteiger partial charge in [0.25, 0.3) is 0 Å². The lowest BCUT2D eigenvalue weighted by Gasteiger charge is -2.21. The highest BCUT2D eigenvalue weighted by atomic mass is 32.2. The second-order valence-electron chi connectivity index (χ2n) is 4.91. The van der Waals surface area contributed by atoms with Crippen LogP contribution >= 0.6 is 0 Å². The molecule has 0 fully saturated rings. The summed E-state index contributed by atoms with van der Waals surface area (Å²) in [5, 5.41) is 0. The molecule has 0 aliphatic carbocycles. The zero-order valence-corrected chi connectivity index (χ0v) is 13.2. The van der Waals surface area contributed by atoms with Crippen molar-refractivity contribution in [2.24, 2.45) is 11.7 Å². The molecule has 0 bridgehead atoms. The summed E-state index contributed by atoms with van der Waals surface area (Å²) in [7, 11) is -4.24. The van der Waals surface area contributed by atoms with Gasteiger partial charge in [-0.2, -0.15) is 4.72 Å². The number of nitrogens with two attached hydrogens (primary N) is 1. The molecule has 10 heteroatoms. The lowest BCUT2D eigenvalue weighted by Crippen LogP contribution is -2.48. The van der Waals surface area contributed by atoms with Gasteiger partial charge in [-0.3, -0.25) is 4.79 Å². The predicted octanol–water partition coefficient (Wildman–Crippen LogP) is 1.76. The first-order valence-electron chi connectivity index (χ1n) is 6.63. The fourth-order valence-electron chi connectivity index (χ4n) is 1.76. The van der Waals surface area contributed by atoms with E-state index in [0.717, 1.165) is 18.2 Å². The number of hydrogen-bond donors (Lipinski definition) is 2. The molecule has 0 radical (unpaired) electrons. The molecule has 0 aromatic heterocycles. The predicted molar refractivity (Wildman–Crippen MR) is 75.9 cm³/mol. The third-order valence-corrected chi connectivity index (χ3v) is 4.59. The Morgan fingerprint density at radius 1 is 1.39 bits per heavy atom. The molecular formula is C13H17F3N2O4S. The van der Waals surface area contributed by atoms with Crippen molar-refractivity contribution < 1.29 is 31.1 Å². The van der Waals surface area contributed by atoms with Crippen LogP contribution in [0.4, 0.5) is 13.2 Å². The number of primary amides is 1. The van der Waals surface area contributed by atoms with Crippen LogP contribution in [0.5, 0.6) is 5.75 Å². The molecule has 0 aliphatic heterocycles. The Morgan fingerprint density at radius 2 is 2.00 bits per heavy atom. The molecule has 0 aliphatic rings. The molecule has 1 rings (SSSR count). The minimum atomic E-state index is -4.94. The molecule has 0 heterocycles. The van der Waals surface area contributed by atoms with Crippen LogP contribution in [-0.4, -0.2) is 26.7 Å². The Labute approximate surface area is 131 Å². The van der Waals surface area contributed by atoms with Gasteiger partial charge in [0.05, 0.1) is 4.90 Å². The van der Waals surface area contributed by atoms with Crippen molar-refractivity contribution in [3.8, 4) is 5.75 Å². The smallest absolute Gasteiger partial charge is 0.406 e. The number of rotatable bonds is 7. The topological polar surface area (TPSA) is 98.5 Å². The molecule has 0 spiro atoms. The molecule has 1 amide bonds. The fourth-order valence-corrected chi connectivity index (χ4v) is 3.11. The maximum absolute atomic E-state index is 12.2. The van der Waals surface area contributed by atoms with E-state index in [4.69, 9.17) is 5.73 Å².